The van der Waals surface area contributed by atoms with Crippen molar-refractivity contribution in [3.63, 3.8) is 0 Å². The van der Waals surface area contributed by atoms with Gasteiger partial charge in [0.2, 0.25) is 0 Å². The Labute approximate surface area is 87.2 Å². The summed E-state index contributed by atoms with van der Waals surface area (Å²) in [5, 5.41) is 11.5. The number of aromatic amines is 1. The van der Waals surface area contributed by atoms with Crippen molar-refractivity contribution in [3.05, 3.63) is 21.9 Å². The van der Waals surface area contributed by atoms with Crippen molar-refractivity contribution in [1.82, 2.24) is 4.98 Å². The third-order valence-corrected chi connectivity index (χ3v) is 3.10. The number of rotatable bonds is 4. The molecule has 1 N–H and O–H groups in total. The third-order valence-electron chi connectivity index (χ3n) is 2.38. The molecule has 0 fully saturated rings. The van der Waals surface area contributed by atoms with E-state index in [4.69, 9.17) is 0 Å². The van der Waals surface area contributed by atoms with Gasteiger partial charge < -0.3 is 4.98 Å². The number of nitrogens with one attached hydrogen (secondary N) is 1. The summed E-state index contributed by atoms with van der Waals surface area (Å²) in [6, 6.07) is 0. The summed E-state index contributed by atoms with van der Waals surface area (Å²) in [5.74, 6) is 0.229. The quantitative estimate of drug-likeness (QED) is 0.476. The van der Waals surface area contributed by atoms with Crippen LogP contribution in [0.1, 0.15) is 31.7 Å². The molecule has 1 aromatic heterocycles. The first-order valence-electron chi connectivity index (χ1n) is 4.51. The smallest absolute Gasteiger partial charge is 0.304 e. The van der Waals surface area contributed by atoms with Crippen molar-refractivity contribution in [3.8, 4) is 0 Å². The van der Waals surface area contributed by atoms with Crippen LogP contribution in [0.15, 0.2) is 11.2 Å². The summed E-state index contributed by atoms with van der Waals surface area (Å²) < 4.78 is 0. The Balaban J connectivity index is 3.17. The Bertz CT molecular complexity index is 336. The molecule has 0 aromatic carbocycles. The highest BCUT2D eigenvalue weighted by atomic mass is 32.2. The number of nitrogens with zero attached hydrogens (tertiary/aromatic N) is 1. The van der Waals surface area contributed by atoms with Crippen LogP contribution in [0.25, 0.3) is 0 Å². The molecule has 0 aliphatic heterocycles. The third kappa shape index (κ3) is 1.92. The number of nitro groups is 1. The van der Waals surface area contributed by atoms with Crippen molar-refractivity contribution in [2.75, 3.05) is 6.26 Å². The van der Waals surface area contributed by atoms with E-state index < -0.39 is 0 Å². The molecule has 1 unspecified atom stereocenters. The van der Waals surface area contributed by atoms with Gasteiger partial charge in [0.15, 0.2) is 5.03 Å². The van der Waals surface area contributed by atoms with Gasteiger partial charge in [-0.2, -0.15) is 0 Å². The molecule has 0 aliphatic carbocycles. The number of thioether (sulfide) groups is 1. The first-order valence-corrected chi connectivity index (χ1v) is 5.73. The molecule has 0 amide bonds. The zero-order valence-corrected chi connectivity index (χ0v) is 9.35. The monoisotopic (exact) mass is 214 g/mol. The molecular formula is C9H14N2O2S. The zero-order chi connectivity index (χ0) is 10.7. The van der Waals surface area contributed by atoms with Crippen molar-refractivity contribution in [2.45, 2.75) is 31.2 Å². The minimum Gasteiger partial charge on any atom is -0.350 e. The van der Waals surface area contributed by atoms with Crippen LogP contribution in [0.2, 0.25) is 0 Å². The SMILES string of the molecule is CCC(C)c1c[nH]c(SC)c1[N+](=O)[O-]. The van der Waals surface area contributed by atoms with Gasteiger partial charge in [0, 0.05) is 6.20 Å². The molecule has 1 heterocycles. The summed E-state index contributed by atoms with van der Waals surface area (Å²) >= 11 is 1.38. The van der Waals surface area contributed by atoms with Gasteiger partial charge in [-0.15, -0.1) is 11.8 Å². The van der Waals surface area contributed by atoms with Gasteiger partial charge in [0.1, 0.15) is 0 Å². The lowest BCUT2D eigenvalue weighted by Crippen LogP contribution is -1.96. The van der Waals surface area contributed by atoms with Crippen molar-refractivity contribution in [2.24, 2.45) is 0 Å². The van der Waals surface area contributed by atoms with E-state index in [1.807, 2.05) is 20.1 Å². The van der Waals surface area contributed by atoms with Gasteiger partial charge in [-0.3, -0.25) is 10.1 Å². The standard InChI is InChI=1S/C9H14N2O2S/c1-4-6(2)7-5-10-9(14-3)8(7)11(12)13/h5-6,10H,4H2,1-3H3. The average Bonchev–Trinajstić information content (AvgIpc) is 2.59. The van der Waals surface area contributed by atoms with Crippen LogP contribution >= 0.6 is 11.8 Å². The molecule has 5 heteroatoms. The van der Waals surface area contributed by atoms with Crippen LogP contribution in [-0.2, 0) is 0 Å². The molecule has 1 atom stereocenters. The minimum atomic E-state index is -0.302. The number of hydrogen-bond donors (Lipinski definition) is 1. The molecule has 1 aromatic rings. The van der Waals surface area contributed by atoms with Gasteiger partial charge in [-0.05, 0) is 18.6 Å². The summed E-state index contributed by atoms with van der Waals surface area (Å²) in [6.07, 6.45) is 4.49. The Morgan fingerprint density at radius 3 is 2.79 bits per heavy atom. The zero-order valence-electron chi connectivity index (χ0n) is 8.53. The number of hydrogen-bond acceptors (Lipinski definition) is 3. The van der Waals surface area contributed by atoms with Gasteiger partial charge >= 0.3 is 5.69 Å². The summed E-state index contributed by atoms with van der Waals surface area (Å²) in [7, 11) is 0. The predicted octanol–water partition coefficient (Wildman–Crippen LogP) is 3.16. The minimum absolute atomic E-state index is 0.229. The molecule has 0 spiro atoms. The maximum atomic E-state index is 10.9. The fourth-order valence-corrected chi connectivity index (χ4v) is 1.91. The molecule has 0 saturated carbocycles. The second-order valence-electron chi connectivity index (χ2n) is 3.19. The molecule has 0 aliphatic rings. The first-order chi connectivity index (χ1) is 6.61. The highest BCUT2D eigenvalue weighted by Crippen LogP contribution is 2.35. The van der Waals surface area contributed by atoms with Crippen LogP contribution in [0.3, 0.4) is 0 Å². The van der Waals surface area contributed by atoms with E-state index in [1.54, 1.807) is 6.20 Å². The topological polar surface area (TPSA) is 58.9 Å². The van der Waals surface area contributed by atoms with Gasteiger partial charge in [-0.1, -0.05) is 13.8 Å². The molecule has 1 rings (SSSR count). The molecule has 0 saturated heterocycles. The molecule has 0 bridgehead atoms. The Morgan fingerprint density at radius 1 is 1.71 bits per heavy atom. The number of aromatic nitrogens is 1. The first kappa shape index (κ1) is 11.1. The Hall–Kier alpha value is -0.970. The molecular weight excluding hydrogens is 200 g/mol. The van der Waals surface area contributed by atoms with Crippen LogP contribution in [-0.4, -0.2) is 16.2 Å². The highest BCUT2D eigenvalue weighted by Gasteiger charge is 2.24. The van der Waals surface area contributed by atoms with Crippen LogP contribution in [0.5, 0.6) is 0 Å². The Morgan fingerprint density at radius 2 is 2.36 bits per heavy atom. The fraction of sp³-hybridized carbons (Fsp3) is 0.556. The largest absolute Gasteiger partial charge is 0.350 e. The van der Waals surface area contributed by atoms with E-state index in [0.717, 1.165) is 12.0 Å². The predicted molar refractivity (Wildman–Crippen MR) is 57.9 cm³/mol. The van der Waals surface area contributed by atoms with E-state index in [9.17, 15) is 10.1 Å². The molecule has 14 heavy (non-hydrogen) atoms. The van der Waals surface area contributed by atoms with Gasteiger partial charge in [0.25, 0.3) is 0 Å². The average molecular weight is 214 g/mol. The molecule has 78 valence electrons. The fourth-order valence-electron chi connectivity index (χ4n) is 1.35. The lowest BCUT2D eigenvalue weighted by Gasteiger charge is -2.04. The summed E-state index contributed by atoms with van der Waals surface area (Å²) in [4.78, 5) is 13.5. The van der Waals surface area contributed by atoms with Crippen molar-refractivity contribution in [1.29, 1.82) is 0 Å². The van der Waals surface area contributed by atoms with Crippen molar-refractivity contribution >= 4 is 17.4 Å². The van der Waals surface area contributed by atoms with E-state index in [2.05, 4.69) is 4.98 Å². The van der Waals surface area contributed by atoms with E-state index in [0.29, 0.717) is 5.03 Å². The van der Waals surface area contributed by atoms with Gasteiger partial charge in [-0.25, -0.2) is 0 Å². The maximum Gasteiger partial charge on any atom is 0.304 e. The summed E-state index contributed by atoms with van der Waals surface area (Å²) in [5.41, 5.74) is 1.05. The second-order valence-corrected chi connectivity index (χ2v) is 4.01. The lowest BCUT2D eigenvalue weighted by atomic mass is 10.0. The van der Waals surface area contributed by atoms with E-state index in [-0.39, 0.29) is 16.5 Å². The second kappa shape index (κ2) is 4.50. The normalized spacial score (nSPS) is 12.8. The maximum absolute atomic E-state index is 10.9. The van der Waals surface area contributed by atoms with Crippen LogP contribution in [0.4, 0.5) is 5.69 Å². The molecule has 4 nitrogen and oxygen atoms in total. The number of H-pyrrole nitrogens is 1. The van der Waals surface area contributed by atoms with Crippen LogP contribution < -0.4 is 0 Å². The molecule has 0 radical (unpaired) electrons. The van der Waals surface area contributed by atoms with Crippen molar-refractivity contribution < 1.29 is 4.92 Å². The van der Waals surface area contributed by atoms with E-state index >= 15 is 0 Å². The highest BCUT2D eigenvalue weighted by molar-refractivity contribution is 7.98. The Kier molecular flexibility index (Phi) is 3.57. The van der Waals surface area contributed by atoms with E-state index in [1.165, 1.54) is 11.8 Å². The summed E-state index contributed by atoms with van der Waals surface area (Å²) in [6.45, 7) is 4.03. The van der Waals surface area contributed by atoms with Gasteiger partial charge in [0.05, 0.1) is 10.5 Å². The lowest BCUT2D eigenvalue weighted by molar-refractivity contribution is -0.388. The van der Waals surface area contributed by atoms with Crippen LogP contribution in [0, 0.1) is 10.1 Å².